The van der Waals surface area contributed by atoms with Crippen molar-refractivity contribution >= 4 is 16.8 Å². The number of fused-ring (bicyclic) bond motifs is 1. The fourth-order valence-electron chi connectivity index (χ4n) is 2.94. The second kappa shape index (κ2) is 6.64. The van der Waals surface area contributed by atoms with Crippen LogP contribution in [0.5, 0.6) is 0 Å². The molecule has 0 saturated heterocycles. The number of amides is 1. The van der Waals surface area contributed by atoms with E-state index in [1.165, 1.54) is 17.0 Å². The molecule has 4 aromatic rings. The van der Waals surface area contributed by atoms with Crippen molar-refractivity contribution in [3.63, 3.8) is 0 Å². The van der Waals surface area contributed by atoms with Crippen LogP contribution in [-0.4, -0.2) is 39.7 Å². The molecule has 27 heavy (non-hydrogen) atoms. The van der Waals surface area contributed by atoms with Gasteiger partial charge >= 0.3 is 0 Å². The van der Waals surface area contributed by atoms with Gasteiger partial charge in [-0.05, 0) is 36.4 Å². The molecule has 5 nitrogen and oxygen atoms in total. The smallest absolute Gasteiger partial charge is 0.254 e. The highest BCUT2D eigenvalue weighted by molar-refractivity contribution is 6.07. The largest absolute Gasteiger partial charge is 0.345 e. The van der Waals surface area contributed by atoms with Crippen LogP contribution in [0.2, 0.25) is 0 Å². The van der Waals surface area contributed by atoms with Gasteiger partial charge in [0.15, 0.2) is 0 Å². The van der Waals surface area contributed by atoms with E-state index in [1.54, 1.807) is 37.1 Å². The van der Waals surface area contributed by atoms with Crippen molar-refractivity contribution in [1.29, 1.82) is 0 Å². The first-order chi connectivity index (χ1) is 13.0. The van der Waals surface area contributed by atoms with Crippen LogP contribution in [-0.2, 0) is 0 Å². The van der Waals surface area contributed by atoms with Gasteiger partial charge in [-0.1, -0.05) is 18.2 Å². The van der Waals surface area contributed by atoms with Crippen LogP contribution >= 0.6 is 0 Å². The zero-order chi connectivity index (χ0) is 19.0. The van der Waals surface area contributed by atoms with Crippen molar-refractivity contribution in [3.05, 3.63) is 78.4 Å². The number of hydrogen-bond donors (Lipinski definition) is 0. The Kier molecular flexibility index (Phi) is 4.16. The molecule has 0 fully saturated rings. The third-order valence-corrected chi connectivity index (χ3v) is 4.31. The fourth-order valence-corrected chi connectivity index (χ4v) is 2.94. The second-order valence-corrected chi connectivity index (χ2v) is 6.43. The Hall–Kier alpha value is -3.54. The van der Waals surface area contributed by atoms with E-state index in [0.29, 0.717) is 22.2 Å². The first-order valence-electron chi connectivity index (χ1n) is 8.45. The maximum Gasteiger partial charge on any atom is 0.254 e. The van der Waals surface area contributed by atoms with E-state index in [9.17, 15) is 9.18 Å². The lowest BCUT2D eigenvalue weighted by Crippen LogP contribution is -2.22. The average molecular weight is 360 g/mol. The molecule has 0 N–H and O–H groups in total. The lowest BCUT2D eigenvalue weighted by Gasteiger charge is -2.13. The van der Waals surface area contributed by atoms with Crippen molar-refractivity contribution in [2.45, 2.75) is 0 Å². The highest BCUT2D eigenvalue weighted by atomic mass is 19.1. The maximum absolute atomic E-state index is 13.7. The van der Waals surface area contributed by atoms with Crippen LogP contribution < -0.4 is 0 Å². The Labute approximate surface area is 155 Å². The Bertz CT molecular complexity index is 1140. The number of aromatic nitrogens is 3. The Morgan fingerprint density at radius 3 is 2.59 bits per heavy atom. The molecule has 6 heteroatoms. The number of benzene rings is 2. The van der Waals surface area contributed by atoms with E-state index in [-0.39, 0.29) is 5.91 Å². The summed E-state index contributed by atoms with van der Waals surface area (Å²) in [4.78, 5) is 18.7. The summed E-state index contributed by atoms with van der Waals surface area (Å²) < 4.78 is 15.5. The molecule has 2 aromatic heterocycles. The summed E-state index contributed by atoms with van der Waals surface area (Å²) in [5.41, 5.74) is 3.29. The predicted octanol–water partition coefficient (Wildman–Crippen LogP) is 3.93. The minimum atomic E-state index is -0.401. The number of para-hydroxylation sites is 1. The number of rotatable bonds is 3. The molecule has 0 unspecified atom stereocenters. The van der Waals surface area contributed by atoms with Gasteiger partial charge in [-0.2, -0.15) is 5.10 Å². The molecule has 0 aliphatic carbocycles. The molecule has 0 saturated carbocycles. The highest BCUT2D eigenvalue weighted by Crippen LogP contribution is 2.26. The normalized spacial score (nSPS) is 10.9. The topological polar surface area (TPSA) is 51.0 Å². The van der Waals surface area contributed by atoms with Gasteiger partial charge in [0.1, 0.15) is 5.82 Å². The minimum Gasteiger partial charge on any atom is -0.345 e. The van der Waals surface area contributed by atoms with Crippen molar-refractivity contribution in [2.75, 3.05) is 14.1 Å². The average Bonchev–Trinajstić information content (AvgIpc) is 3.17. The molecule has 4 rings (SSSR count). The molecule has 134 valence electrons. The number of nitrogens with zero attached hydrogens (tertiary/aromatic N) is 4. The third kappa shape index (κ3) is 3.17. The molecule has 0 atom stereocenters. The quantitative estimate of drug-likeness (QED) is 0.556. The molecular formula is C21H17FN4O. The molecular weight excluding hydrogens is 343 g/mol. The van der Waals surface area contributed by atoms with Gasteiger partial charge in [-0.15, -0.1) is 0 Å². The number of hydrogen-bond acceptors (Lipinski definition) is 3. The van der Waals surface area contributed by atoms with Crippen molar-refractivity contribution in [3.8, 4) is 16.9 Å². The predicted molar refractivity (Wildman–Crippen MR) is 102 cm³/mol. The number of halogens is 1. The number of carbonyl (C=O) groups is 1. The third-order valence-electron chi connectivity index (χ3n) is 4.31. The molecule has 1 amide bonds. The SMILES string of the molecule is CN(C)C(=O)c1cc(-c2cnn(-c3ccccc3)c2)nc2ccc(F)cc12. The van der Waals surface area contributed by atoms with Crippen LogP contribution in [0, 0.1) is 5.82 Å². The van der Waals surface area contributed by atoms with Gasteiger partial charge in [0.2, 0.25) is 0 Å². The summed E-state index contributed by atoms with van der Waals surface area (Å²) in [6.45, 7) is 0. The lowest BCUT2D eigenvalue weighted by molar-refractivity contribution is 0.0829. The van der Waals surface area contributed by atoms with E-state index in [4.69, 9.17) is 0 Å². The van der Waals surface area contributed by atoms with Gasteiger partial charge in [0, 0.05) is 31.2 Å². The van der Waals surface area contributed by atoms with E-state index >= 15 is 0 Å². The van der Waals surface area contributed by atoms with E-state index in [2.05, 4.69) is 10.1 Å². The standard InChI is InChI=1S/C21H17FN4O/c1-25(2)21(27)18-11-20(24-19-9-8-15(22)10-17(18)19)14-12-23-26(13-14)16-6-4-3-5-7-16/h3-13H,1-2H3. The van der Waals surface area contributed by atoms with Crippen LogP contribution in [0.3, 0.4) is 0 Å². The van der Waals surface area contributed by atoms with Crippen molar-refractivity contribution in [2.24, 2.45) is 0 Å². The zero-order valence-corrected chi connectivity index (χ0v) is 14.9. The monoisotopic (exact) mass is 360 g/mol. The number of carbonyl (C=O) groups excluding carboxylic acids is 1. The summed E-state index contributed by atoms with van der Waals surface area (Å²) >= 11 is 0. The lowest BCUT2D eigenvalue weighted by atomic mass is 10.0. The molecule has 0 spiro atoms. The van der Waals surface area contributed by atoms with E-state index in [1.807, 2.05) is 36.5 Å². The molecule has 2 heterocycles. The van der Waals surface area contributed by atoms with Gasteiger partial charge in [-0.25, -0.2) is 14.1 Å². The van der Waals surface area contributed by atoms with E-state index in [0.717, 1.165) is 11.3 Å². The van der Waals surface area contributed by atoms with Crippen molar-refractivity contribution in [1.82, 2.24) is 19.7 Å². The number of pyridine rings is 1. The summed E-state index contributed by atoms with van der Waals surface area (Å²) in [6, 6.07) is 15.7. The second-order valence-electron chi connectivity index (χ2n) is 6.43. The van der Waals surface area contributed by atoms with Gasteiger partial charge < -0.3 is 4.90 Å². The van der Waals surface area contributed by atoms with Crippen molar-refractivity contribution < 1.29 is 9.18 Å². The molecule has 0 radical (unpaired) electrons. The van der Waals surface area contributed by atoms with Gasteiger partial charge in [0.25, 0.3) is 5.91 Å². The highest BCUT2D eigenvalue weighted by Gasteiger charge is 2.17. The Balaban J connectivity index is 1.87. The van der Waals surface area contributed by atoms with Crippen LogP contribution in [0.15, 0.2) is 67.0 Å². The molecule has 0 bridgehead atoms. The Morgan fingerprint density at radius 2 is 1.85 bits per heavy atom. The summed E-state index contributed by atoms with van der Waals surface area (Å²) in [5.74, 6) is -0.605. The van der Waals surface area contributed by atoms with Crippen LogP contribution in [0.1, 0.15) is 10.4 Å². The first-order valence-corrected chi connectivity index (χ1v) is 8.45. The maximum atomic E-state index is 13.7. The molecule has 0 aliphatic rings. The summed E-state index contributed by atoms with van der Waals surface area (Å²) in [7, 11) is 3.34. The van der Waals surface area contributed by atoms with Gasteiger partial charge in [-0.3, -0.25) is 4.79 Å². The molecule has 0 aliphatic heterocycles. The van der Waals surface area contributed by atoms with Crippen LogP contribution in [0.25, 0.3) is 27.8 Å². The fraction of sp³-hybridized carbons (Fsp3) is 0.0952. The van der Waals surface area contributed by atoms with Crippen LogP contribution in [0.4, 0.5) is 4.39 Å². The first kappa shape index (κ1) is 16.9. The summed E-state index contributed by atoms with van der Waals surface area (Å²) in [5, 5.41) is 4.88. The zero-order valence-electron chi connectivity index (χ0n) is 14.9. The summed E-state index contributed by atoms with van der Waals surface area (Å²) in [6.07, 6.45) is 3.56. The van der Waals surface area contributed by atoms with Gasteiger partial charge in [0.05, 0.1) is 28.7 Å². The van der Waals surface area contributed by atoms with E-state index < -0.39 is 5.82 Å². The minimum absolute atomic E-state index is 0.204. The Morgan fingerprint density at radius 1 is 1.07 bits per heavy atom. The molecule has 2 aromatic carbocycles.